The van der Waals surface area contributed by atoms with E-state index in [2.05, 4.69) is 17.6 Å². The molecular weight excluding hydrogens is 248 g/mol. The Hall–Kier alpha value is -1.06. The standard InChI is InChI=1S/C14H20N2O.ClH/c1-11-3-5-12(6-4-11)13(17)16-14(2)7-9-15-10-8-14;/h3-6,15H,7-10H2,1-2H3,(H,16,17);1H. The van der Waals surface area contributed by atoms with E-state index in [0.717, 1.165) is 31.5 Å². The minimum absolute atomic E-state index is 0. The second kappa shape index (κ2) is 6.21. The van der Waals surface area contributed by atoms with Crippen LogP contribution in [0.5, 0.6) is 0 Å². The molecule has 0 aromatic heterocycles. The molecule has 2 rings (SSSR count). The van der Waals surface area contributed by atoms with Crippen molar-refractivity contribution in [2.24, 2.45) is 0 Å². The summed E-state index contributed by atoms with van der Waals surface area (Å²) in [5.41, 5.74) is 1.86. The summed E-state index contributed by atoms with van der Waals surface area (Å²) in [6.45, 7) is 6.10. The second-order valence-corrected chi connectivity index (χ2v) is 5.13. The summed E-state index contributed by atoms with van der Waals surface area (Å²) in [7, 11) is 0. The molecule has 100 valence electrons. The Morgan fingerprint density at radius 1 is 1.22 bits per heavy atom. The van der Waals surface area contributed by atoms with Crippen LogP contribution >= 0.6 is 12.4 Å². The van der Waals surface area contributed by atoms with Crippen LogP contribution < -0.4 is 10.6 Å². The summed E-state index contributed by atoms with van der Waals surface area (Å²) in [5.74, 6) is 0.0365. The molecule has 0 saturated carbocycles. The highest BCUT2D eigenvalue weighted by Crippen LogP contribution is 2.18. The molecule has 0 spiro atoms. The number of piperidine rings is 1. The van der Waals surface area contributed by atoms with Crippen LogP contribution in [0.3, 0.4) is 0 Å². The Kier molecular flexibility index (Phi) is 5.17. The van der Waals surface area contributed by atoms with Gasteiger partial charge in [0.2, 0.25) is 0 Å². The number of hydrogen-bond acceptors (Lipinski definition) is 2. The van der Waals surface area contributed by atoms with Gasteiger partial charge in [0, 0.05) is 11.1 Å². The number of carbonyl (C=O) groups is 1. The normalized spacial score (nSPS) is 17.7. The lowest BCUT2D eigenvalue weighted by Gasteiger charge is -2.35. The van der Waals surface area contributed by atoms with Crippen LogP contribution in [0.4, 0.5) is 0 Å². The number of amides is 1. The lowest BCUT2D eigenvalue weighted by molar-refractivity contribution is 0.0887. The first kappa shape index (κ1) is 15.0. The van der Waals surface area contributed by atoms with Crippen molar-refractivity contribution >= 4 is 18.3 Å². The van der Waals surface area contributed by atoms with Gasteiger partial charge >= 0.3 is 0 Å². The Bertz CT molecular complexity index is 397. The molecule has 1 aliphatic heterocycles. The summed E-state index contributed by atoms with van der Waals surface area (Å²) in [4.78, 5) is 12.1. The number of rotatable bonds is 2. The number of carbonyl (C=O) groups excluding carboxylic acids is 1. The fourth-order valence-corrected chi connectivity index (χ4v) is 2.15. The zero-order valence-electron chi connectivity index (χ0n) is 11.0. The third-order valence-electron chi connectivity index (χ3n) is 3.44. The number of benzene rings is 1. The number of hydrogen-bond donors (Lipinski definition) is 2. The third kappa shape index (κ3) is 3.72. The highest BCUT2D eigenvalue weighted by molar-refractivity contribution is 5.94. The van der Waals surface area contributed by atoms with E-state index >= 15 is 0 Å². The van der Waals surface area contributed by atoms with Gasteiger partial charge in [0.25, 0.3) is 5.91 Å². The molecule has 0 atom stereocenters. The number of nitrogens with one attached hydrogen (secondary N) is 2. The number of halogens is 1. The van der Waals surface area contributed by atoms with Gasteiger partial charge in [0.15, 0.2) is 0 Å². The lowest BCUT2D eigenvalue weighted by atomic mass is 9.90. The zero-order chi connectivity index (χ0) is 12.3. The van der Waals surface area contributed by atoms with E-state index in [-0.39, 0.29) is 23.9 Å². The smallest absolute Gasteiger partial charge is 0.251 e. The Morgan fingerprint density at radius 3 is 2.33 bits per heavy atom. The van der Waals surface area contributed by atoms with E-state index in [9.17, 15) is 4.79 Å². The Labute approximate surface area is 115 Å². The van der Waals surface area contributed by atoms with Gasteiger partial charge in [-0.15, -0.1) is 12.4 Å². The van der Waals surface area contributed by atoms with Crippen LogP contribution in [-0.4, -0.2) is 24.5 Å². The molecule has 1 amide bonds. The first-order valence-electron chi connectivity index (χ1n) is 6.19. The second-order valence-electron chi connectivity index (χ2n) is 5.13. The van der Waals surface area contributed by atoms with Crippen molar-refractivity contribution in [1.29, 1.82) is 0 Å². The maximum atomic E-state index is 12.1. The highest BCUT2D eigenvalue weighted by atomic mass is 35.5. The minimum atomic E-state index is -0.0623. The van der Waals surface area contributed by atoms with Gasteiger partial charge in [-0.05, 0) is 51.9 Å². The molecule has 0 unspecified atom stereocenters. The summed E-state index contributed by atoms with van der Waals surface area (Å²) < 4.78 is 0. The molecule has 1 heterocycles. The fourth-order valence-electron chi connectivity index (χ4n) is 2.15. The average Bonchev–Trinajstić information content (AvgIpc) is 2.30. The largest absolute Gasteiger partial charge is 0.347 e. The summed E-state index contributed by atoms with van der Waals surface area (Å²) >= 11 is 0. The third-order valence-corrected chi connectivity index (χ3v) is 3.44. The van der Waals surface area contributed by atoms with Crippen LogP contribution in [0.25, 0.3) is 0 Å². The molecule has 0 bridgehead atoms. The maximum absolute atomic E-state index is 12.1. The van der Waals surface area contributed by atoms with E-state index in [1.54, 1.807) is 0 Å². The molecule has 3 nitrogen and oxygen atoms in total. The molecule has 1 fully saturated rings. The molecule has 1 saturated heterocycles. The van der Waals surface area contributed by atoms with Gasteiger partial charge in [-0.25, -0.2) is 0 Å². The predicted molar refractivity (Wildman–Crippen MR) is 76.4 cm³/mol. The molecular formula is C14H21ClN2O. The first-order chi connectivity index (χ1) is 8.09. The van der Waals surface area contributed by atoms with E-state index in [1.165, 1.54) is 5.56 Å². The molecule has 2 N–H and O–H groups in total. The van der Waals surface area contributed by atoms with Crippen molar-refractivity contribution < 1.29 is 4.79 Å². The fraction of sp³-hybridized carbons (Fsp3) is 0.500. The summed E-state index contributed by atoms with van der Waals surface area (Å²) in [6.07, 6.45) is 1.98. The van der Waals surface area contributed by atoms with Gasteiger partial charge in [-0.2, -0.15) is 0 Å². The molecule has 1 aromatic carbocycles. The topological polar surface area (TPSA) is 41.1 Å². The quantitative estimate of drug-likeness (QED) is 0.864. The molecule has 0 aliphatic carbocycles. The van der Waals surface area contributed by atoms with E-state index < -0.39 is 0 Å². The average molecular weight is 269 g/mol. The van der Waals surface area contributed by atoms with Crippen molar-refractivity contribution in [2.75, 3.05) is 13.1 Å². The molecule has 4 heteroatoms. The van der Waals surface area contributed by atoms with Gasteiger partial charge in [0.1, 0.15) is 0 Å². The Balaban J connectivity index is 0.00000162. The minimum Gasteiger partial charge on any atom is -0.347 e. The van der Waals surface area contributed by atoms with Crippen LogP contribution in [0.1, 0.15) is 35.7 Å². The van der Waals surface area contributed by atoms with Crippen LogP contribution in [0, 0.1) is 6.92 Å². The predicted octanol–water partition coefficient (Wildman–Crippen LogP) is 2.29. The summed E-state index contributed by atoms with van der Waals surface area (Å²) in [5, 5.41) is 6.46. The lowest BCUT2D eigenvalue weighted by Crippen LogP contribution is -2.52. The first-order valence-corrected chi connectivity index (χ1v) is 6.19. The maximum Gasteiger partial charge on any atom is 0.251 e. The van der Waals surface area contributed by atoms with Gasteiger partial charge in [0.05, 0.1) is 0 Å². The van der Waals surface area contributed by atoms with Crippen LogP contribution in [0.2, 0.25) is 0 Å². The highest BCUT2D eigenvalue weighted by Gasteiger charge is 2.28. The molecule has 0 radical (unpaired) electrons. The summed E-state index contributed by atoms with van der Waals surface area (Å²) in [6, 6.07) is 7.71. The van der Waals surface area contributed by atoms with Crippen LogP contribution in [-0.2, 0) is 0 Å². The van der Waals surface area contributed by atoms with Gasteiger partial charge < -0.3 is 10.6 Å². The molecule has 1 aromatic rings. The van der Waals surface area contributed by atoms with E-state index in [1.807, 2.05) is 31.2 Å². The van der Waals surface area contributed by atoms with Gasteiger partial charge in [-0.1, -0.05) is 17.7 Å². The van der Waals surface area contributed by atoms with Crippen molar-refractivity contribution in [3.8, 4) is 0 Å². The van der Waals surface area contributed by atoms with Crippen molar-refractivity contribution in [1.82, 2.24) is 10.6 Å². The van der Waals surface area contributed by atoms with E-state index in [4.69, 9.17) is 0 Å². The van der Waals surface area contributed by atoms with Gasteiger partial charge in [-0.3, -0.25) is 4.79 Å². The molecule has 1 aliphatic rings. The SMILES string of the molecule is Cc1ccc(C(=O)NC2(C)CCNCC2)cc1.Cl. The van der Waals surface area contributed by atoms with Crippen molar-refractivity contribution in [3.05, 3.63) is 35.4 Å². The van der Waals surface area contributed by atoms with Crippen molar-refractivity contribution in [2.45, 2.75) is 32.2 Å². The Morgan fingerprint density at radius 2 is 1.78 bits per heavy atom. The number of aryl methyl sites for hydroxylation is 1. The van der Waals surface area contributed by atoms with Crippen molar-refractivity contribution in [3.63, 3.8) is 0 Å². The zero-order valence-corrected chi connectivity index (χ0v) is 11.8. The van der Waals surface area contributed by atoms with E-state index in [0.29, 0.717) is 0 Å². The van der Waals surface area contributed by atoms with Crippen LogP contribution in [0.15, 0.2) is 24.3 Å². The monoisotopic (exact) mass is 268 g/mol. The molecule has 18 heavy (non-hydrogen) atoms.